The molecule has 0 aliphatic heterocycles. The summed E-state index contributed by atoms with van der Waals surface area (Å²) in [5.41, 5.74) is 0. The maximum Gasteiger partial charge on any atom is 0.305 e. The first-order valence-corrected chi connectivity index (χ1v) is 6.12. The largest absolute Gasteiger partial charge is 0.469 e. The van der Waals surface area contributed by atoms with E-state index in [1.54, 1.807) is 0 Å². The van der Waals surface area contributed by atoms with E-state index < -0.39 is 0 Å². The number of methoxy groups -OCH3 is 1. The van der Waals surface area contributed by atoms with Gasteiger partial charge >= 0.3 is 5.97 Å². The van der Waals surface area contributed by atoms with Gasteiger partial charge in [0.15, 0.2) is 0 Å². The van der Waals surface area contributed by atoms with Gasteiger partial charge in [-0.05, 0) is 6.42 Å². The Morgan fingerprint density at radius 1 is 1.33 bits per heavy atom. The zero-order chi connectivity index (χ0) is 13.4. The van der Waals surface area contributed by atoms with Gasteiger partial charge in [-0.2, -0.15) is 5.10 Å². The van der Waals surface area contributed by atoms with Crippen molar-refractivity contribution in [2.45, 2.75) is 45.6 Å². The quantitative estimate of drug-likeness (QED) is 0.649. The fourth-order valence-electron chi connectivity index (χ4n) is 1.60. The molecule has 0 saturated carbocycles. The molecule has 1 rings (SSSR count). The van der Waals surface area contributed by atoms with E-state index in [-0.39, 0.29) is 24.6 Å². The molecule has 1 aromatic rings. The highest BCUT2D eigenvalue weighted by Crippen LogP contribution is 2.04. The number of carbonyl (C=O) groups excluding carboxylic acids is 2. The number of ketones is 1. The maximum atomic E-state index is 11.6. The fraction of sp³-hybridized carbons (Fsp3) is 0.667. The van der Waals surface area contributed by atoms with Crippen LogP contribution < -0.4 is 0 Å². The Labute approximate surface area is 106 Å². The van der Waals surface area contributed by atoms with Crippen LogP contribution in [0.3, 0.4) is 0 Å². The Balaban J connectivity index is 2.33. The lowest BCUT2D eigenvalue weighted by atomic mass is 10.1. The second kappa shape index (κ2) is 7.58. The monoisotopic (exact) mass is 253 g/mol. The first kappa shape index (κ1) is 14.3. The minimum Gasteiger partial charge on any atom is -0.469 e. The van der Waals surface area contributed by atoms with Gasteiger partial charge in [0.2, 0.25) is 0 Å². The number of rotatable bonds is 8. The van der Waals surface area contributed by atoms with Crippen molar-refractivity contribution in [1.29, 1.82) is 0 Å². The van der Waals surface area contributed by atoms with Crippen molar-refractivity contribution in [3.8, 4) is 0 Å². The smallest absolute Gasteiger partial charge is 0.305 e. The molecule has 0 fully saturated rings. The lowest BCUT2D eigenvalue weighted by molar-refractivity contribution is -0.141. The molecular weight excluding hydrogens is 234 g/mol. The van der Waals surface area contributed by atoms with Gasteiger partial charge in [0.05, 0.1) is 13.5 Å². The van der Waals surface area contributed by atoms with Gasteiger partial charge in [-0.15, -0.1) is 0 Å². The van der Waals surface area contributed by atoms with Gasteiger partial charge in [0.25, 0.3) is 0 Å². The van der Waals surface area contributed by atoms with Crippen molar-refractivity contribution < 1.29 is 14.3 Å². The lowest BCUT2D eigenvalue weighted by Gasteiger charge is -2.03. The molecule has 6 nitrogen and oxygen atoms in total. The van der Waals surface area contributed by atoms with Crippen LogP contribution >= 0.6 is 0 Å². The third-order valence-electron chi connectivity index (χ3n) is 2.59. The van der Waals surface area contributed by atoms with Gasteiger partial charge < -0.3 is 4.74 Å². The Morgan fingerprint density at radius 2 is 2.11 bits per heavy atom. The topological polar surface area (TPSA) is 74.1 Å². The summed E-state index contributed by atoms with van der Waals surface area (Å²) in [6.07, 6.45) is 3.82. The van der Waals surface area contributed by atoms with Crippen LogP contribution in [0.2, 0.25) is 0 Å². The molecule has 0 unspecified atom stereocenters. The highest BCUT2D eigenvalue weighted by atomic mass is 16.5. The highest BCUT2D eigenvalue weighted by Gasteiger charge is 2.09. The van der Waals surface area contributed by atoms with Crippen molar-refractivity contribution >= 4 is 11.8 Å². The van der Waals surface area contributed by atoms with Crippen LogP contribution in [0.5, 0.6) is 0 Å². The second-order valence-corrected chi connectivity index (χ2v) is 4.01. The third kappa shape index (κ3) is 4.65. The number of esters is 1. The van der Waals surface area contributed by atoms with Crippen LogP contribution in [0.4, 0.5) is 0 Å². The lowest BCUT2D eigenvalue weighted by Crippen LogP contribution is -2.10. The molecule has 0 aliphatic rings. The molecule has 0 aromatic carbocycles. The minimum atomic E-state index is -0.350. The second-order valence-electron chi connectivity index (χ2n) is 4.01. The van der Waals surface area contributed by atoms with E-state index in [4.69, 9.17) is 0 Å². The summed E-state index contributed by atoms with van der Waals surface area (Å²) in [6.45, 7) is 2.87. The van der Waals surface area contributed by atoms with Crippen molar-refractivity contribution in [3.63, 3.8) is 0 Å². The molecule has 0 atom stereocenters. The van der Waals surface area contributed by atoms with Crippen molar-refractivity contribution in [3.05, 3.63) is 12.2 Å². The normalized spacial score (nSPS) is 10.3. The summed E-state index contributed by atoms with van der Waals surface area (Å²) in [7, 11) is 1.32. The first-order valence-electron chi connectivity index (χ1n) is 6.12. The molecule has 18 heavy (non-hydrogen) atoms. The SMILES string of the molecule is CCCn1ncnc1CCC(=O)CCC(=O)OC. The van der Waals surface area contributed by atoms with Gasteiger partial charge in [0, 0.05) is 25.8 Å². The summed E-state index contributed by atoms with van der Waals surface area (Å²) in [6, 6.07) is 0. The molecule has 100 valence electrons. The molecule has 0 aliphatic carbocycles. The predicted molar refractivity (Wildman–Crippen MR) is 64.9 cm³/mol. The molecule has 1 aromatic heterocycles. The minimum absolute atomic E-state index is 0.0476. The van der Waals surface area contributed by atoms with E-state index in [2.05, 4.69) is 21.7 Å². The molecule has 0 bridgehead atoms. The van der Waals surface area contributed by atoms with E-state index >= 15 is 0 Å². The average molecular weight is 253 g/mol. The molecular formula is C12H19N3O3. The highest BCUT2D eigenvalue weighted by molar-refractivity contribution is 5.82. The van der Waals surface area contributed by atoms with Gasteiger partial charge in [-0.25, -0.2) is 4.98 Å². The summed E-state index contributed by atoms with van der Waals surface area (Å²) in [4.78, 5) is 26.6. The van der Waals surface area contributed by atoms with Crippen LogP contribution in [0.25, 0.3) is 0 Å². The van der Waals surface area contributed by atoms with Crippen molar-refractivity contribution in [1.82, 2.24) is 14.8 Å². The van der Waals surface area contributed by atoms with E-state index in [0.717, 1.165) is 18.8 Å². The number of nitrogens with zero attached hydrogens (tertiary/aromatic N) is 3. The van der Waals surface area contributed by atoms with Crippen LogP contribution in [0, 0.1) is 0 Å². The van der Waals surface area contributed by atoms with E-state index in [0.29, 0.717) is 12.8 Å². The standard InChI is InChI=1S/C12H19N3O3/c1-3-8-15-11(13-9-14-15)6-4-10(16)5-7-12(17)18-2/h9H,3-8H2,1-2H3. The van der Waals surface area contributed by atoms with E-state index in [9.17, 15) is 9.59 Å². The summed E-state index contributed by atoms with van der Waals surface area (Å²) >= 11 is 0. The number of carbonyl (C=O) groups is 2. The summed E-state index contributed by atoms with van der Waals surface area (Å²) in [5, 5.41) is 4.09. The van der Waals surface area contributed by atoms with E-state index in [1.807, 2.05) is 4.68 Å². The van der Waals surface area contributed by atoms with Gasteiger partial charge in [-0.1, -0.05) is 6.92 Å². The Hall–Kier alpha value is -1.72. The summed E-state index contributed by atoms with van der Waals surface area (Å²) < 4.78 is 6.30. The molecule has 0 radical (unpaired) electrons. The Bertz CT molecular complexity index is 401. The van der Waals surface area contributed by atoms with Crippen molar-refractivity contribution in [2.75, 3.05) is 7.11 Å². The number of hydrogen-bond acceptors (Lipinski definition) is 5. The molecule has 0 spiro atoms. The number of Topliss-reactive ketones (excluding diaryl/α,β-unsaturated/α-hetero) is 1. The van der Waals surface area contributed by atoms with Crippen LogP contribution in [-0.4, -0.2) is 33.6 Å². The number of aryl methyl sites for hydroxylation is 2. The molecule has 0 amide bonds. The average Bonchev–Trinajstić information content (AvgIpc) is 2.81. The maximum absolute atomic E-state index is 11.6. The third-order valence-corrected chi connectivity index (χ3v) is 2.59. The zero-order valence-corrected chi connectivity index (χ0v) is 10.9. The fourth-order valence-corrected chi connectivity index (χ4v) is 1.60. The number of ether oxygens (including phenoxy) is 1. The molecule has 6 heteroatoms. The predicted octanol–water partition coefficient (Wildman–Crippen LogP) is 1.14. The van der Waals surface area contributed by atoms with Gasteiger partial charge in [0.1, 0.15) is 17.9 Å². The number of aromatic nitrogens is 3. The molecule has 0 N–H and O–H groups in total. The van der Waals surface area contributed by atoms with Crippen LogP contribution in [-0.2, 0) is 27.3 Å². The van der Waals surface area contributed by atoms with E-state index in [1.165, 1.54) is 13.4 Å². The van der Waals surface area contributed by atoms with Gasteiger partial charge in [-0.3, -0.25) is 14.3 Å². The Morgan fingerprint density at radius 3 is 2.78 bits per heavy atom. The molecule has 0 saturated heterocycles. The Kier molecular flexibility index (Phi) is 6.04. The first-order chi connectivity index (χ1) is 8.67. The van der Waals surface area contributed by atoms with Crippen molar-refractivity contribution in [2.24, 2.45) is 0 Å². The summed E-state index contributed by atoms with van der Waals surface area (Å²) in [5.74, 6) is 0.521. The van der Waals surface area contributed by atoms with Crippen LogP contribution in [0.15, 0.2) is 6.33 Å². The number of hydrogen-bond donors (Lipinski definition) is 0. The zero-order valence-electron chi connectivity index (χ0n) is 10.9. The van der Waals surface area contributed by atoms with Crippen LogP contribution in [0.1, 0.15) is 38.4 Å². The molecule has 1 heterocycles.